The SMILES string of the molecule is Cc1nc2c(o1)C=C(C1=C(c3ccc(OC4CCCN(CCCF)C4)cc3)c3ccc(OF)cc3CCC1)CC=C2. The van der Waals surface area contributed by atoms with Crippen molar-refractivity contribution in [1.82, 2.24) is 9.88 Å². The van der Waals surface area contributed by atoms with Gasteiger partial charge < -0.3 is 9.15 Å². The predicted molar refractivity (Wildman–Crippen MR) is 157 cm³/mol. The number of fused-ring (bicyclic) bond motifs is 2. The molecule has 6 rings (SSSR count). The highest BCUT2D eigenvalue weighted by Gasteiger charge is 2.24. The van der Waals surface area contributed by atoms with Crippen LogP contribution in [0.3, 0.4) is 0 Å². The number of hydrogen-bond acceptors (Lipinski definition) is 5. The molecular weight excluding hydrogens is 522 g/mol. The zero-order valence-electron chi connectivity index (χ0n) is 23.5. The van der Waals surface area contributed by atoms with Gasteiger partial charge in [0.2, 0.25) is 0 Å². The van der Waals surface area contributed by atoms with Gasteiger partial charge in [-0.15, -0.1) is 0 Å². The van der Waals surface area contributed by atoms with Gasteiger partial charge in [0, 0.05) is 24.5 Å². The molecule has 0 radical (unpaired) electrons. The minimum Gasteiger partial charge on any atom is -0.489 e. The summed E-state index contributed by atoms with van der Waals surface area (Å²) in [6.07, 6.45) is 12.5. The molecule has 2 heterocycles. The molecule has 1 fully saturated rings. The summed E-state index contributed by atoms with van der Waals surface area (Å²) in [5.74, 6) is 2.49. The maximum Gasteiger partial charge on any atom is 0.192 e. The molecule has 5 nitrogen and oxygen atoms in total. The number of alkyl halides is 1. The fourth-order valence-corrected chi connectivity index (χ4v) is 6.36. The molecule has 3 aliphatic rings. The van der Waals surface area contributed by atoms with Gasteiger partial charge in [-0.1, -0.05) is 24.3 Å². The van der Waals surface area contributed by atoms with Gasteiger partial charge in [0.05, 0.1) is 6.67 Å². The van der Waals surface area contributed by atoms with Crippen LogP contribution in [0.15, 0.2) is 64.1 Å². The Kier molecular flexibility index (Phi) is 8.33. The van der Waals surface area contributed by atoms with E-state index in [1.807, 2.05) is 37.3 Å². The summed E-state index contributed by atoms with van der Waals surface area (Å²) in [6.45, 7) is 4.20. The summed E-state index contributed by atoms with van der Waals surface area (Å²) in [4.78, 5) is 10.9. The average molecular weight is 559 g/mol. The second kappa shape index (κ2) is 12.4. The number of ether oxygens (including phenoxy) is 1. The van der Waals surface area contributed by atoms with Crippen molar-refractivity contribution in [3.05, 3.63) is 93.7 Å². The van der Waals surface area contributed by atoms with Gasteiger partial charge in [0.25, 0.3) is 0 Å². The normalized spacial score (nSPS) is 19.2. The molecule has 0 spiro atoms. The summed E-state index contributed by atoms with van der Waals surface area (Å²) in [6, 6.07) is 13.8. The first-order valence-electron chi connectivity index (χ1n) is 14.7. The van der Waals surface area contributed by atoms with E-state index in [9.17, 15) is 8.92 Å². The van der Waals surface area contributed by atoms with Crippen LogP contribution in [0.4, 0.5) is 8.92 Å². The minimum absolute atomic E-state index is 0.101. The number of allylic oxidation sites excluding steroid dienone is 3. The first-order chi connectivity index (χ1) is 20.1. The van der Waals surface area contributed by atoms with Gasteiger partial charge in [0.1, 0.15) is 17.5 Å². The summed E-state index contributed by atoms with van der Waals surface area (Å²) in [5.41, 5.74) is 7.69. The molecule has 41 heavy (non-hydrogen) atoms. The fourth-order valence-electron chi connectivity index (χ4n) is 6.36. The highest BCUT2D eigenvalue weighted by molar-refractivity contribution is 5.88. The third kappa shape index (κ3) is 6.15. The molecule has 2 aromatic carbocycles. The number of rotatable bonds is 8. The van der Waals surface area contributed by atoms with Crippen LogP contribution in [0.25, 0.3) is 17.7 Å². The Balaban J connectivity index is 1.36. The van der Waals surface area contributed by atoms with Crippen molar-refractivity contribution in [2.24, 2.45) is 0 Å². The van der Waals surface area contributed by atoms with E-state index < -0.39 is 0 Å². The van der Waals surface area contributed by atoms with Crippen LogP contribution in [0.1, 0.15) is 72.6 Å². The second-order valence-electron chi connectivity index (χ2n) is 11.1. The lowest BCUT2D eigenvalue weighted by Crippen LogP contribution is -2.41. The number of likely N-dealkylation sites (tertiary alicyclic amines) is 1. The molecule has 1 aliphatic heterocycles. The van der Waals surface area contributed by atoms with Crippen LogP contribution in [0.5, 0.6) is 11.5 Å². The van der Waals surface area contributed by atoms with Gasteiger partial charge in [-0.2, -0.15) is 0 Å². The smallest absolute Gasteiger partial charge is 0.192 e. The maximum absolute atomic E-state index is 13.1. The zero-order valence-corrected chi connectivity index (χ0v) is 23.5. The minimum atomic E-state index is -0.279. The van der Waals surface area contributed by atoms with E-state index in [2.05, 4.69) is 39.1 Å². The predicted octanol–water partition coefficient (Wildman–Crippen LogP) is 8.09. The number of aryl methyl sites for hydroxylation is 2. The van der Waals surface area contributed by atoms with Crippen molar-refractivity contribution < 1.29 is 23.0 Å². The third-order valence-electron chi connectivity index (χ3n) is 8.22. The van der Waals surface area contributed by atoms with E-state index in [1.165, 1.54) is 11.1 Å². The molecule has 3 aromatic rings. The van der Waals surface area contributed by atoms with E-state index in [-0.39, 0.29) is 18.5 Å². The number of hydrogen-bond donors (Lipinski definition) is 0. The molecule has 1 atom stereocenters. The van der Waals surface area contributed by atoms with Crippen molar-refractivity contribution in [2.75, 3.05) is 26.3 Å². The van der Waals surface area contributed by atoms with Crippen molar-refractivity contribution in [2.45, 2.75) is 58.0 Å². The number of benzene rings is 2. The molecule has 0 N–H and O–H groups in total. The molecule has 214 valence electrons. The van der Waals surface area contributed by atoms with Gasteiger partial charge in [-0.25, -0.2) is 4.98 Å². The van der Waals surface area contributed by atoms with E-state index in [1.54, 1.807) is 6.07 Å². The largest absolute Gasteiger partial charge is 0.489 e. The van der Waals surface area contributed by atoms with Crippen LogP contribution < -0.4 is 9.68 Å². The van der Waals surface area contributed by atoms with Crippen molar-refractivity contribution >= 4 is 17.7 Å². The third-order valence-corrected chi connectivity index (χ3v) is 8.22. The fraction of sp³-hybridized carbons (Fsp3) is 0.382. The summed E-state index contributed by atoms with van der Waals surface area (Å²) in [5, 5.41) is 0. The van der Waals surface area contributed by atoms with Gasteiger partial charge >= 0.3 is 0 Å². The maximum atomic E-state index is 13.1. The Morgan fingerprint density at radius 1 is 1.07 bits per heavy atom. The first-order valence-corrected chi connectivity index (χ1v) is 14.7. The zero-order chi connectivity index (χ0) is 28.2. The molecule has 2 aliphatic carbocycles. The molecule has 0 amide bonds. The Morgan fingerprint density at radius 2 is 1.93 bits per heavy atom. The summed E-state index contributed by atoms with van der Waals surface area (Å²) in [7, 11) is 0. The highest BCUT2D eigenvalue weighted by Crippen LogP contribution is 2.42. The number of oxazole rings is 1. The van der Waals surface area contributed by atoms with Crippen molar-refractivity contribution in [3.8, 4) is 11.5 Å². The summed E-state index contributed by atoms with van der Waals surface area (Å²) >= 11 is 0. The van der Waals surface area contributed by atoms with Crippen LogP contribution in [0.2, 0.25) is 0 Å². The Bertz CT molecular complexity index is 1470. The second-order valence-corrected chi connectivity index (χ2v) is 11.1. The first kappa shape index (κ1) is 27.5. The number of piperidine rings is 1. The number of aromatic nitrogens is 1. The Morgan fingerprint density at radius 3 is 2.76 bits per heavy atom. The van der Waals surface area contributed by atoms with E-state index in [0.29, 0.717) is 12.3 Å². The lowest BCUT2D eigenvalue weighted by molar-refractivity contribution is -0.00629. The van der Waals surface area contributed by atoms with Gasteiger partial charge in [-0.3, -0.25) is 14.2 Å². The number of nitrogens with zero attached hydrogens (tertiary/aromatic N) is 2. The Labute approximate surface area is 240 Å². The van der Waals surface area contributed by atoms with Crippen LogP contribution in [-0.2, 0) is 6.42 Å². The molecule has 1 saturated heterocycles. The molecule has 1 unspecified atom stereocenters. The van der Waals surface area contributed by atoms with Crippen LogP contribution in [-0.4, -0.2) is 42.3 Å². The lowest BCUT2D eigenvalue weighted by Gasteiger charge is -2.32. The van der Waals surface area contributed by atoms with Crippen molar-refractivity contribution in [1.29, 1.82) is 0 Å². The molecule has 1 aromatic heterocycles. The average Bonchev–Trinajstić information content (AvgIpc) is 3.12. The quantitative estimate of drug-likeness (QED) is 0.280. The summed E-state index contributed by atoms with van der Waals surface area (Å²) < 4.78 is 38.1. The van der Waals surface area contributed by atoms with Crippen LogP contribution in [0, 0.1) is 6.92 Å². The molecule has 0 bridgehead atoms. The van der Waals surface area contributed by atoms with Gasteiger partial charge in [-0.05, 0) is 121 Å². The monoisotopic (exact) mass is 558 g/mol. The van der Waals surface area contributed by atoms with E-state index in [4.69, 9.17) is 9.15 Å². The standard InChI is InChI=1S/C34H36F2N2O3/c1-23-37-32-10-3-7-26(21-33(32)39-23)30-9-2-6-25-20-28(41-36)15-16-31(25)34(30)24-11-13-27(14-12-24)40-29-8-4-18-38(22-29)19-5-17-35/h3,10-16,20-21,29H,2,4-9,17-19,22H2,1H3. The number of halogens is 2. The van der Waals surface area contributed by atoms with Crippen molar-refractivity contribution in [3.63, 3.8) is 0 Å². The van der Waals surface area contributed by atoms with Gasteiger partial charge in [0.15, 0.2) is 17.4 Å². The van der Waals surface area contributed by atoms with E-state index in [0.717, 1.165) is 97.6 Å². The van der Waals surface area contributed by atoms with E-state index >= 15 is 0 Å². The topological polar surface area (TPSA) is 47.7 Å². The molecule has 7 heteroatoms. The molecule has 0 saturated carbocycles. The Hall–Kier alpha value is -3.71. The van der Waals surface area contributed by atoms with Crippen LogP contribution >= 0.6 is 0 Å². The lowest BCUT2D eigenvalue weighted by atomic mass is 9.86. The molecular formula is C34H36F2N2O3. The highest BCUT2D eigenvalue weighted by atomic mass is 19.3.